The van der Waals surface area contributed by atoms with Gasteiger partial charge in [0.2, 0.25) is 6.41 Å². The fraction of sp³-hybridized carbons (Fsp3) is 0.600. The number of amides is 2. The van der Waals surface area contributed by atoms with Crippen LogP contribution in [-0.4, -0.2) is 49.5 Å². The van der Waals surface area contributed by atoms with Gasteiger partial charge in [-0.15, -0.1) is 0 Å². The number of hydrogen-bond acceptors (Lipinski definition) is 6. The molecule has 7 nitrogen and oxygen atoms in total. The molecule has 17 heavy (non-hydrogen) atoms. The van der Waals surface area contributed by atoms with E-state index in [9.17, 15) is 9.59 Å². The molecule has 7 heteroatoms. The SMILES string of the molecule is C/C(=C/NC1CNCC(CO)O1)C(=O)NC=O. The van der Waals surface area contributed by atoms with Crippen LogP contribution in [0.3, 0.4) is 0 Å². The van der Waals surface area contributed by atoms with Crippen LogP contribution >= 0.6 is 0 Å². The van der Waals surface area contributed by atoms with Crippen LogP contribution < -0.4 is 16.0 Å². The van der Waals surface area contributed by atoms with E-state index in [0.29, 0.717) is 25.1 Å². The summed E-state index contributed by atoms with van der Waals surface area (Å²) in [7, 11) is 0. The van der Waals surface area contributed by atoms with Gasteiger partial charge < -0.3 is 20.5 Å². The molecule has 1 heterocycles. The number of imide groups is 1. The largest absolute Gasteiger partial charge is 0.394 e. The standard InChI is InChI=1S/C10H17N3O4/c1-7(10(16)13-6-15)2-12-9-4-11-3-8(5-14)17-9/h2,6,8-9,11-12,14H,3-5H2,1H3,(H,13,15,16)/b7-2-. The Hall–Kier alpha value is -1.44. The minimum atomic E-state index is -0.463. The van der Waals surface area contributed by atoms with Crippen molar-refractivity contribution in [3.05, 3.63) is 11.8 Å². The minimum absolute atomic E-state index is 0.0560. The molecule has 0 radical (unpaired) electrons. The molecule has 2 atom stereocenters. The zero-order valence-corrected chi connectivity index (χ0v) is 9.60. The molecule has 1 rings (SSSR count). The molecule has 1 aliphatic rings. The average molecular weight is 243 g/mol. The molecular formula is C10H17N3O4. The van der Waals surface area contributed by atoms with Gasteiger partial charge in [-0.05, 0) is 6.92 Å². The van der Waals surface area contributed by atoms with Gasteiger partial charge in [-0.2, -0.15) is 0 Å². The van der Waals surface area contributed by atoms with Crippen molar-refractivity contribution in [1.82, 2.24) is 16.0 Å². The summed E-state index contributed by atoms with van der Waals surface area (Å²) in [6.45, 7) is 2.70. The summed E-state index contributed by atoms with van der Waals surface area (Å²) >= 11 is 0. The van der Waals surface area contributed by atoms with Crippen LogP contribution in [0.15, 0.2) is 11.8 Å². The highest BCUT2D eigenvalue weighted by molar-refractivity contribution is 5.98. The third-order valence-electron chi connectivity index (χ3n) is 2.30. The second kappa shape index (κ2) is 7.00. The number of aliphatic hydroxyl groups excluding tert-OH is 1. The van der Waals surface area contributed by atoms with Crippen LogP contribution in [0, 0.1) is 0 Å². The summed E-state index contributed by atoms with van der Waals surface area (Å²) in [6.07, 6.45) is 1.25. The molecular weight excluding hydrogens is 226 g/mol. The maximum absolute atomic E-state index is 11.2. The molecule has 0 aromatic carbocycles. The van der Waals surface area contributed by atoms with Gasteiger partial charge in [-0.25, -0.2) is 0 Å². The van der Waals surface area contributed by atoms with Crippen molar-refractivity contribution in [2.45, 2.75) is 19.3 Å². The molecule has 0 bridgehead atoms. The summed E-state index contributed by atoms with van der Waals surface area (Å²) < 4.78 is 5.46. The Bertz CT molecular complexity index is 306. The highest BCUT2D eigenvalue weighted by Crippen LogP contribution is 2.01. The molecule has 1 fully saturated rings. The molecule has 0 spiro atoms. The van der Waals surface area contributed by atoms with Crippen LogP contribution in [0.4, 0.5) is 0 Å². The lowest BCUT2D eigenvalue weighted by Crippen LogP contribution is -2.51. The third-order valence-corrected chi connectivity index (χ3v) is 2.30. The van der Waals surface area contributed by atoms with E-state index in [1.165, 1.54) is 6.20 Å². The summed E-state index contributed by atoms with van der Waals surface area (Å²) in [5, 5.41) is 16.9. The summed E-state index contributed by atoms with van der Waals surface area (Å²) in [6, 6.07) is 0. The zero-order valence-electron chi connectivity index (χ0n) is 9.60. The zero-order chi connectivity index (χ0) is 12.7. The molecule has 0 aliphatic carbocycles. The Balaban J connectivity index is 2.40. The van der Waals surface area contributed by atoms with Gasteiger partial charge in [-0.1, -0.05) is 0 Å². The van der Waals surface area contributed by atoms with Gasteiger partial charge in [0.25, 0.3) is 5.91 Å². The van der Waals surface area contributed by atoms with Crippen LogP contribution in [0.2, 0.25) is 0 Å². The number of carbonyl (C=O) groups excluding carboxylic acids is 2. The molecule has 0 aromatic heterocycles. The number of morpholine rings is 1. The number of carbonyl (C=O) groups is 2. The lowest BCUT2D eigenvalue weighted by atomic mass is 10.3. The quantitative estimate of drug-likeness (QED) is 0.331. The second-order valence-electron chi connectivity index (χ2n) is 3.67. The van der Waals surface area contributed by atoms with E-state index in [0.717, 1.165) is 0 Å². The fourth-order valence-corrected chi connectivity index (χ4v) is 1.36. The predicted octanol–water partition coefficient (Wildman–Crippen LogP) is -1.94. The maximum Gasteiger partial charge on any atom is 0.254 e. The summed E-state index contributed by atoms with van der Waals surface area (Å²) in [4.78, 5) is 21.3. The fourth-order valence-electron chi connectivity index (χ4n) is 1.36. The van der Waals surface area contributed by atoms with E-state index < -0.39 is 5.91 Å². The molecule has 0 saturated carbocycles. The highest BCUT2D eigenvalue weighted by Gasteiger charge is 2.20. The molecule has 1 saturated heterocycles. The van der Waals surface area contributed by atoms with Crippen molar-refractivity contribution < 1.29 is 19.4 Å². The average Bonchev–Trinajstić information content (AvgIpc) is 2.36. The predicted molar refractivity (Wildman–Crippen MR) is 59.7 cm³/mol. The Kier molecular flexibility index (Phi) is 5.61. The molecule has 2 amide bonds. The first-order valence-electron chi connectivity index (χ1n) is 5.31. The Morgan fingerprint density at radius 2 is 2.35 bits per heavy atom. The second-order valence-corrected chi connectivity index (χ2v) is 3.67. The monoisotopic (exact) mass is 243 g/mol. The first-order chi connectivity index (χ1) is 8.17. The molecule has 96 valence electrons. The topological polar surface area (TPSA) is 99.7 Å². The van der Waals surface area contributed by atoms with Gasteiger partial charge >= 0.3 is 0 Å². The number of hydrogen-bond donors (Lipinski definition) is 4. The number of ether oxygens (including phenoxy) is 1. The molecule has 4 N–H and O–H groups in total. The lowest BCUT2D eigenvalue weighted by Gasteiger charge is -2.29. The lowest BCUT2D eigenvalue weighted by molar-refractivity contribution is -0.122. The summed E-state index contributed by atoms with van der Waals surface area (Å²) in [5.41, 5.74) is 0.367. The van der Waals surface area contributed by atoms with Crippen LogP contribution in [0.5, 0.6) is 0 Å². The van der Waals surface area contributed by atoms with Crippen molar-refractivity contribution in [3.63, 3.8) is 0 Å². The molecule has 1 aliphatic heterocycles. The van der Waals surface area contributed by atoms with Crippen molar-refractivity contribution in [3.8, 4) is 0 Å². The first-order valence-corrected chi connectivity index (χ1v) is 5.31. The number of aliphatic hydroxyl groups is 1. The molecule has 0 aromatic rings. The Morgan fingerprint density at radius 3 is 3.00 bits per heavy atom. The van der Waals surface area contributed by atoms with Gasteiger partial charge in [0.1, 0.15) is 6.23 Å². The smallest absolute Gasteiger partial charge is 0.254 e. The summed E-state index contributed by atoms with van der Waals surface area (Å²) in [5.74, 6) is -0.463. The highest BCUT2D eigenvalue weighted by atomic mass is 16.5. The normalized spacial score (nSPS) is 25.2. The van der Waals surface area contributed by atoms with E-state index in [1.54, 1.807) is 6.92 Å². The maximum atomic E-state index is 11.2. The molecule has 2 unspecified atom stereocenters. The van der Waals surface area contributed by atoms with Crippen molar-refractivity contribution in [2.75, 3.05) is 19.7 Å². The van der Waals surface area contributed by atoms with E-state index >= 15 is 0 Å². The van der Waals surface area contributed by atoms with Gasteiger partial charge in [0, 0.05) is 24.9 Å². The van der Waals surface area contributed by atoms with E-state index in [4.69, 9.17) is 9.84 Å². The van der Waals surface area contributed by atoms with Gasteiger partial charge in [-0.3, -0.25) is 14.9 Å². The van der Waals surface area contributed by atoms with Crippen molar-refractivity contribution in [2.24, 2.45) is 0 Å². The first kappa shape index (κ1) is 13.6. The van der Waals surface area contributed by atoms with E-state index in [-0.39, 0.29) is 18.9 Å². The number of nitrogens with one attached hydrogen (secondary N) is 3. The van der Waals surface area contributed by atoms with Crippen LogP contribution in [0.1, 0.15) is 6.92 Å². The van der Waals surface area contributed by atoms with E-state index in [1.807, 2.05) is 5.32 Å². The van der Waals surface area contributed by atoms with E-state index in [2.05, 4.69) is 10.6 Å². The third kappa shape index (κ3) is 4.51. The Labute approximate surface area is 99.2 Å². The minimum Gasteiger partial charge on any atom is -0.394 e. The van der Waals surface area contributed by atoms with Crippen molar-refractivity contribution >= 4 is 12.3 Å². The van der Waals surface area contributed by atoms with Crippen LogP contribution in [-0.2, 0) is 14.3 Å². The van der Waals surface area contributed by atoms with Crippen LogP contribution in [0.25, 0.3) is 0 Å². The number of rotatable bonds is 5. The Morgan fingerprint density at radius 1 is 1.59 bits per heavy atom. The van der Waals surface area contributed by atoms with Crippen molar-refractivity contribution in [1.29, 1.82) is 0 Å². The van der Waals surface area contributed by atoms with Gasteiger partial charge in [0.05, 0.1) is 12.7 Å². The van der Waals surface area contributed by atoms with Gasteiger partial charge in [0.15, 0.2) is 0 Å².